The van der Waals surface area contributed by atoms with E-state index in [9.17, 15) is 16.8 Å². The maximum absolute atomic E-state index is 10.9. The predicted octanol–water partition coefficient (Wildman–Crippen LogP) is 0.739. The molecule has 0 saturated heterocycles. The molecule has 0 aliphatic rings. The van der Waals surface area contributed by atoms with Gasteiger partial charge in [-0.15, -0.1) is 11.3 Å². The largest absolute Gasteiger partial charge is 0.285 e. The van der Waals surface area contributed by atoms with E-state index in [0.717, 1.165) is 11.3 Å². The SMILES string of the molecule is C=Cc1sc(CC(S(=O)(=O)O)S(=O)(=O)O)nc1C. The fourth-order valence-corrected chi connectivity index (χ4v) is 4.39. The number of nitrogens with zero attached hydrogens (tertiary/aromatic N) is 1. The van der Waals surface area contributed by atoms with Crippen molar-refractivity contribution >= 4 is 37.6 Å². The summed E-state index contributed by atoms with van der Waals surface area (Å²) in [6, 6.07) is 0. The van der Waals surface area contributed by atoms with Crippen LogP contribution in [0.4, 0.5) is 0 Å². The first-order valence-corrected chi connectivity index (χ1v) is 8.39. The summed E-state index contributed by atoms with van der Waals surface area (Å²) in [6.07, 6.45) is 0.878. The molecular weight excluding hydrogens is 302 g/mol. The number of hydrogen-bond donors (Lipinski definition) is 2. The Morgan fingerprint density at radius 2 is 1.83 bits per heavy atom. The van der Waals surface area contributed by atoms with Gasteiger partial charge in [0.2, 0.25) is 4.58 Å². The van der Waals surface area contributed by atoms with Crippen molar-refractivity contribution in [1.82, 2.24) is 4.98 Å². The van der Waals surface area contributed by atoms with Gasteiger partial charge < -0.3 is 0 Å². The highest BCUT2D eigenvalue weighted by Gasteiger charge is 2.36. The number of aryl methyl sites for hydroxylation is 1. The Morgan fingerprint density at radius 3 is 2.17 bits per heavy atom. The molecule has 7 nitrogen and oxygen atoms in total. The van der Waals surface area contributed by atoms with Gasteiger partial charge in [-0.05, 0) is 6.92 Å². The third-order valence-corrected chi connectivity index (χ3v) is 6.36. The zero-order chi connectivity index (χ0) is 14.1. The molecule has 0 spiro atoms. The van der Waals surface area contributed by atoms with Gasteiger partial charge in [0.25, 0.3) is 20.2 Å². The van der Waals surface area contributed by atoms with Crippen molar-refractivity contribution in [2.75, 3.05) is 0 Å². The molecule has 1 aromatic rings. The Morgan fingerprint density at radius 1 is 1.33 bits per heavy atom. The Balaban J connectivity index is 3.16. The molecule has 10 heteroatoms. The topological polar surface area (TPSA) is 122 Å². The summed E-state index contributed by atoms with van der Waals surface area (Å²) in [7, 11) is -9.86. The third kappa shape index (κ3) is 3.59. The van der Waals surface area contributed by atoms with Crippen LogP contribution in [0.2, 0.25) is 0 Å². The molecule has 102 valence electrons. The summed E-state index contributed by atoms with van der Waals surface area (Å²) in [4.78, 5) is 4.61. The average Bonchev–Trinajstić information content (AvgIpc) is 2.52. The van der Waals surface area contributed by atoms with Gasteiger partial charge >= 0.3 is 0 Å². The molecule has 0 saturated carbocycles. The lowest BCUT2D eigenvalue weighted by Crippen LogP contribution is -2.31. The van der Waals surface area contributed by atoms with Gasteiger partial charge in [-0.1, -0.05) is 12.7 Å². The van der Waals surface area contributed by atoms with Crippen LogP contribution < -0.4 is 0 Å². The van der Waals surface area contributed by atoms with E-state index in [1.807, 2.05) is 0 Å². The van der Waals surface area contributed by atoms with E-state index in [-0.39, 0.29) is 5.01 Å². The van der Waals surface area contributed by atoms with E-state index in [1.165, 1.54) is 6.08 Å². The standard InChI is InChI=1S/C8H11NO6S3/c1-3-6-5(2)9-7(16-6)4-8(17(10,11)12)18(13,14)15/h3,8H,1,4H2,2H3,(H,10,11,12)(H,13,14,15). The maximum Gasteiger partial charge on any atom is 0.285 e. The second-order valence-corrected chi connectivity index (χ2v) is 8.04. The molecule has 1 aromatic heterocycles. The van der Waals surface area contributed by atoms with Crippen LogP contribution in [0.15, 0.2) is 6.58 Å². The molecule has 0 amide bonds. The van der Waals surface area contributed by atoms with Gasteiger partial charge in [0.15, 0.2) is 0 Å². The molecule has 0 aliphatic heterocycles. The molecule has 2 N–H and O–H groups in total. The van der Waals surface area contributed by atoms with Gasteiger partial charge in [-0.25, -0.2) is 4.98 Å². The van der Waals surface area contributed by atoms with Gasteiger partial charge in [0.1, 0.15) is 0 Å². The van der Waals surface area contributed by atoms with E-state index < -0.39 is 31.2 Å². The highest BCUT2D eigenvalue weighted by atomic mass is 32.3. The van der Waals surface area contributed by atoms with E-state index in [4.69, 9.17) is 9.11 Å². The maximum atomic E-state index is 10.9. The average molecular weight is 313 g/mol. The molecule has 0 atom stereocenters. The van der Waals surface area contributed by atoms with E-state index in [2.05, 4.69) is 11.6 Å². The first-order valence-electron chi connectivity index (χ1n) is 4.57. The molecule has 1 rings (SSSR count). The van der Waals surface area contributed by atoms with Crippen LogP contribution in [0.25, 0.3) is 6.08 Å². The molecule has 18 heavy (non-hydrogen) atoms. The Hall–Kier alpha value is -0.810. The van der Waals surface area contributed by atoms with Gasteiger partial charge in [0.05, 0.1) is 10.7 Å². The smallest absolute Gasteiger partial charge is 0.284 e. The van der Waals surface area contributed by atoms with E-state index in [0.29, 0.717) is 10.6 Å². The first kappa shape index (κ1) is 15.2. The van der Waals surface area contributed by atoms with E-state index >= 15 is 0 Å². The lowest BCUT2D eigenvalue weighted by Gasteiger charge is -2.08. The second kappa shape index (κ2) is 5.05. The van der Waals surface area contributed by atoms with Crippen molar-refractivity contribution < 1.29 is 25.9 Å². The molecule has 1 heterocycles. The normalized spacial score (nSPS) is 12.9. The van der Waals surface area contributed by atoms with Crippen molar-refractivity contribution in [3.8, 4) is 0 Å². The zero-order valence-corrected chi connectivity index (χ0v) is 11.7. The van der Waals surface area contributed by atoms with Crippen molar-refractivity contribution in [1.29, 1.82) is 0 Å². The predicted molar refractivity (Wildman–Crippen MR) is 67.5 cm³/mol. The summed E-state index contributed by atoms with van der Waals surface area (Å²) in [5.41, 5.74) is 0.564. The first-order chi connectivity index (χ1) is 8.05. The number of hydrogen-bond acceptors (Lipinski definition) is 6. The van der Waals surface area contributed by atoms with Gasteiger partial charge in [-0.2, -0.15) is 16.8 Å². The Kier molecular flexibility index (Phi) is 4.28. The van der Waals surface area contributed by atoms with Crippen molar-refractivity contribution in [3.63, 3.8) is 0 Å². The highest BCUT2D eigenvalue weighted by Crippen LogP contribution is 2.23. The molecule has 0 fully saturated rings. The monoisotopic (exact) mass is 313 g/mol. The van der Waals surface area contributed by atoms with Gasteiger partial charge in [-0.3, -0.25) is 9.11 Å². The fraction of sp³-hybridized carbons (Fsp3) is 0.375. The van der Waals surface area contributed by atoms with Crippen LogP contribution in [0.3, 0.4) is 0 Å². The number of rotatable bonds is 5. The lowest BCUT2D eigenvalue weighted by molar-refractivity contribution is 0.454. The summed E-state index contributed by atoms with van der Waals surface area (Å²) in [5.74, 6) is 0. The molecule has 0 bridgehead atoms. The highest BCUT2D eigenvalue weighted by molar-refractivity contribution is 8.03. The quantitative estimate of drug-likeness (QED) is 0.769. The van der Waals surface area contributed by atoms with Crippen LogP contribution >= 0.6 is 11.3 Å². The van der Waals surface area contributed by atoms with Crippen LogP contribution in [-0.4, -0.2) is 35.5 Å². The van der Waals surface area contributed by atoms with Crippen LogP contribution in [0.5, 0.6) is 0 Å². The van der Waals surface area contributed by atoms with E-state index in [1.54, 1.807) is 6.92 Å². The molecule has 0 aromatic carbocycles. The second-order valence-electron chi connectivity index (χ2n) is 3.43. The van der Waals surface area contributed by atoms with Crippen molar-refractivity contribution in [3.05, 3.63) is 22.2 Å². The number of aromatic nitrogens is 1. The summed E-state index contributed by atoms with van der Waals surface area (Å²) < 4.78 is 58.9. The summed E-state index contributed by atoms with van der Waals surface area (Å²) >= 11 is 1.04. The van der Waals surface area contributed by atoms with Crippen LogP contribution in [0.1, 0.15) is 15.6 Å². The summed E-state index contributed by atoms with van der Waals surface area (Å²) in [5, 5.41) is 0.169. The summed E-state index contributed by atoms with van der Waals surface area (Å²) in [6.45, 7) is 5.16. The lowest BCUT2D eigenvalue weighted by atomic mass is 10.4. The van der Waals surface area contributed by atoms with Gasteiger partial charge in [0, 0.05) is 11.3 Å². The van der Waals surface area contributed by atoms with Crippen molar-refractivity contribution in [2.24, 2.45) is 0 Å². The molecule has 0 radical (unpaired) electrons. The molecule has 0 unspecified atom stereocenters. The van der Waals surface area contributed by atoms with Crippen LogP contribution in [0, 0.1) is 6.92 Å². The number of thiazole rings is 1. The minimum absolute atomic E-state index is 0.169. The third-order valence-electron chi connectivity index (χ3n) is 2.07. The minimum Gasteiger partial charge on any atom is -0.284 e. The van der Waals surface area contributed by atoms with Crippen molar-refractivity contribution in [2.45, 2.75) is 17.9 Å². The zero-order valence-electron chi connectivity index (χ0n) is 9.27. The molecule has 0 aliphatic carbocycles. The van der Waals surface area contributed by atoms with Crippen LogP contribution in [-0.2, 0) is 26.7 Å². The Labute approximate surface area is 109 Å². The fourth-order valence-electron chi connectivity index (χ4n) is 1.25. The molecular formula is C8H11NO6S3. The Bertz CT molecular complexity index is 625. The minimum atomic E-state index is -4.93.